The van der Waals surface area contributed by atoms with Crippen molar-refractivity contribution in [3.63, 3.8) is 0 Å². The van der Waals surface area contributed by atoms with Crippen molar-refractivity contribution in [1.29, 1.82) is 8.59 Å². The predicted octanol–water partition coefficient (Wildman–Crippen LogP) is -49.4. The van der Waals surface area contributed by atoms with Crippen molar-refractivity contribution in [2.45, 2.75) is 153 Å². The molecule has 70 heteroatoms. The average Bonchev–Trinajstić information content (AvgIpc) is 0.748. The molecule has 5 rings (SSSR count). The Morgan fingerprint density at radius 3 is 1.15 bits per heavy atom. The predicted molar refractivity (Wildman–Crippen MR) is 243 cm³/mol. The Kier molecular flexibility index (Phi) is 48.8. The van der Waals surface area contributed by atoms with Crippen LogP contribution in [-0.2, 0) is 161 Å². The van der Waals surface area contributed by atoms with Gasteiger partial charge in [-0.05, 0) is 0 Å². The summed E-state index contributed by atoms with van der Waals surface area (Å²) in [5, 5.41) is 50.9. The number of aliphatic hydroxyl groups is 5. The molecule has 0 amide bonds. The molecule has 0 spiro atoms. The molecule has 5 unspecified atom stereocenters. The van der Waals surface area contributed by atoms with Crippen LogP contribution in [0.15, 0.2) is 0 Å². The van der Waals surface area contributed by atoms with E-state index in [0.717, 1.165) is 0 Å². The molecule has 10 N–H and O–H groups in total. The van der Waals surface area contributed by atoms with Crippen LogP contribution in [0.1, 0.15) is 0 Å². The molecular formula is C31H44N3Na10O49S8+. The molecule has 52 nitrogen and oxygen atoms in total. The van der Waals surface area contributed by atoms with Gasteiger partial charge in [0.25, 0.3) is 0 Å². The molecule has 0 aliphatic carbocycles. The third-order valence-corrected chi connectivity index (χ3v) is 15.8. The summed E-state index contributed by atoms with van der Waals surface area (Å²) in [7, 11) is -50.2. The Balaban J connectivity index is -0.00000270. The Morgan fingerprint density at radius 2 is 0.752 bits per heavy atom. The number of hydrogen-bond donors (Lipinski definition) is 8. The number of carboxylic acid groups (broad SMARTS) is 2. The number of nitrogens with one attached hydrogen (secondary N) is 3. The number of carbonyl (C=O) groups is 2. The summed E-state index contributed by atoms with van der Waals surface area (Å²) >= 11 is 0. The van der Waals surface area contributed by atoms with E-state index in [-0.39, 0.29) is 296 Å². The Hall–Kier alpha value is 7.26. The first-order valence-corrected chi connectivity index (χ1v) is 33.9. The van der Waals surface area contributed by atoms with Gasteiger partial charge >= 0.3 is 297 Å². The molecule has 5 heterocycles. The van der Waals surface area contributed by atoms with Gasteiger partial charge in [0.15, 0.2) is 74.6 Å². The zero-order valence-electron chi connectivity index (χ0n) is 62.2. The molecule has 5 aliphatic rings. The van der Waals surface area contributed by atoms with Crippen LogP contribution in [0.25, 0.3) is 0 Å². The summed E-state index contributed by atoms with van der Waals surface area (Å²) in [5.74, 6) is -5.69. The zero-order valence-corrected chi connectivity index (χ0v) is 79.7. The van der Waals surface area contributed by atoms with E-state index in [9.17, 15) is 124 Å². The van der Waals surface area contributed by atoms with Crippen molar-refractivity contribution in [2.24, 2.45) is 0 Å². The van der Waals surface area contributed by atoms with E-state index < -0.39 is 282 Å². The second-order valence-corrected chi connectivity index (χ2v) is 26.5. The van der Waals surface area contributed by atoms with E-state index in [1.807, 2.05) is 0 Å². The van der Waals surface area contributed by atoms with Gasteiger partial charge in [-0.1, -0.05) is 0 Å². The van der Waals surface area contributed by atoms with Gasteiger partial charge in [0.2, 0.25) is 65.3 Å². The number of aliphatic hydroxyl groups excluding tert-OH is 5. The molecule has 534 valence electrons. The number of rotatable bonds is 36. The van der Waals surface area contributed by atoms with Crippen LogP contribution in [0.4, 0.5) is 0 Å². The first kappa shape index (κ1) is 101. The van der Waals surface area contributed by atoms with E-state index in [4.69, 9.17) is 60.2 Å². The van der Waals surface area contributed by atoms with Gasteiger partial charge in [-0.3, -0.25) is 20.9 Å². The molecule has 0 aromatic carbocycles. The molecular weight excluding hydrogens is 1680 g/mol. The third kappa shape index (κ3) is 38.3. The quantitative estimate of drug-likeness (QED) is 0.0125. The fourth-order valence-corrected chi connectivity index (χ4v) is 12.1. The first-order valence-electron chi connectivity index (χ1n) is 26.9. The number of ether oxygens (including phenoxy) is 10. The first-order chi connectivity index (χ1) is 45.7. The van der Waals surface area contributed by atoms with E-state index >= 15 is 0 Å². The normalized spacial score (nSPS) is 36.2. The fourth-order valence-electron chi connectivity index (χ4n) is 8.70. The Morgan fingerprint density at radius 1 is 0.406 bits per heavy atom. The van der Waals surface area contributed by atoms with Crippen molar-refractivity contribution < 1.29 is 522 Å². The van der Waals surface area contributed by atoms with Crippen LogP contribution in [0.3, 0.4) is 0 Å². The maximum atomic E-state index is 13.1. The smallest absolute Gasteiger partial charge is 0.735 e. The molecule has 0 aromatic heterocycles. The van der Waals surface area contributed by atoms with Crippen molar-refractivity contribution in [3.05, 3.63) is 0 Å². The van der Waals surface area contributed by atoms with Crippen LogP contribution in [0.5, 0.6) is 0 Å². The standard InChI is InChI=1S/C31H53N3O49S8.10Na/c1-69-27-9(33-85(48,49)50)13(37)17(6(74-27)3-71-88(57,58)59)76-31-22(83-91(66,67)68)16(40)21(24(81-31)26(43)44)79-29-10(34-86(51,52)53)19(82-90(63,64)65)18(7(75-29)4-72-89(60,61)62)77-30-15(39)14(38)20(23(80-30)25(41)42)78-28-8(32-84(45,46)47)12(36)11(35)5(73-28)2-70-87(54,55)56;;;;;;;;;;/h5-24,27-40H,2-4H2,1H3,(H,41,42)(H,43,44)(H,45,46,47)(H,48,49,50)(H,51,52,53)(H,54,55,56)(H,57,58,59)(H,60,61,62)(H,63,64,65)(H,66,67,68);;;;;;;;;;/q;10*+1/p-9/t5-,6-,7-,8-,9-,10-,11-,12-,13?,14?,15-,16+,17-,18-,19-,20+,21+,22-,23+,24-,27?,28?,29?,30-,31-;;;;;;;;;;/m1........../s1/i35D,36D,37D,38D,39D,40D;;;;;;;;;;/hD3. The second kappa shape index (κ2) is 49.0. The van der Waals surface area contributed by atoms with Crippen molar-refractivity contribution in [1.82, 2.24) is 14.1 Å². The fraction of sp³-hybridized carbons (Fsp3) is 0.935. The van der Waals surface area contributed by atoms with Crippen LogP contribution >= 0.6 is 0 Å². The van der Waals surface area contributed by atoms with Crippen molar-refractivity contribution in [2.75, 3.05) is 26.9 Å². The zero-order chi connectivity index (χ0) is 76.3. The summed E-state index contributed by atoms with van der Waals surface area (Å²) < 4.78 is 432. The van der Waals surface area contributed by atoms with Gasteiger partial charge in [0.05, 0.1) is 31.8 Å². The Labute approximate surface area is 807 Å². The van der Waals surface area contributed by atoms with Crippen LogP contribution in [-0.4, -0.2) is 335 Å². The summed E-state index contributed by atoms with van der Waals surface area (Å²) in [6.07, 6.45) is -67.9. The molecule has 0 bridgehead atoms. The minimum absolute atomic E-state index is 0. The molecule has 25 atom stereocenters. The van der Waals surface area contributed by atoms with E-state index in [2.05, 4.69) is 51.6 Å². The number of carbonyl (C=O) groups excluding carboxylic acids is 2. The molecule has 5 saturated heterocycles. The monoisotopic (exact) mass is 1740 g/mol. The molecule has 0 saturated carbocycles. The minimum atomic E-state index is -6.86. The Bertz CT molecular complexity index is 3810. The van der Waals surface area contributed by atoms with Crippen molar-refractivity contribution >= 4 is 94.8 Å². The van der Waals surface area contributed by atoms with Gasteiger partial charge in [0.1, 0.15) is 108 Å². The van der Waals surface area contributed by atoms with Crippen LogP contribution in [0.2, 0.25) is 4.24 Å². The third-order valence-electron chi connectivity index (χ3n) is 12.1. The van der Waals surface area contributed by atoms with Crippen molar-refractivity contribution in [3.8, 4) is 0 Å². The average molecular weight is 1740 g/mol. The molecule has 5 fully saturated rings. The SMILES string of the molecule is [2H]OC1[C@@H](O[2H])[C@H](O[C@H]2[C@H](OS(=O)(=O)[O-])[C@@H](N([2H])S(=O)(=O)[O-])C(O[C@H]3[C@H](O[2H])[C@@H](OS(=O)(=O)[O-])[C@H](O[C@H]4C(O[2H])[C@@H](N([2H])S(=O)(=O)[O-])C(OC)O[C@@H]4COS(=O)(=O)[O-])O[C@H]3C(=O)[O-])O[C@@H]2COS(=O)(=O)[O-])O[C@H](C(=O)[O-])[C@H]1OC1O[C@H](COS(=O)(=O)[O-])[C@@H](O[2H])[C@H]([OH+][2H])[C@H]1N([2H])S(=O)(=O)[O-].[Na+].[Na+].[Na+].[Na+].[Na+].[Na+].[Na+].[Na+].[Na+].[Na+]. The van der Waals surface area contributed by atoms with Gasteiger partial charge < -0.3 is 134 Å². The van der Waals surface area contributed by atoms with E-state index in [1.165, 1.54) is 0 Å². The molecule has 5 aliphatic heterocycles. The van der Waals surface area contributed by atoms with Gasteiger partial charge in [0, 0.05) is 7.11 Å². The molecule has 101 heavy (non-hydrogen) atoms. The second-order valence-electron chi connectivity index (χ2n) is 18.2. The molecule has 0 aromatic rings. The van der Waals surface area contributed by atoms with Crippen LogP contribution in [0, 0.1) is 0 Å². The van der Waals surface area contributed by atoms with E-state index in [1.54, 1.807) is 0 Å². The number of carboxylic acids is 2. The largest absolute Gasteiger partial charge is 1.00 e. The maximum Gasteiger partial charge on any atom is 1.00 e. The number of aliphatic carboxylic acids is 2. The van der Waals surface area contributed by atoms with Gasteiger partial charge in [-0.15, -0.1) is 0 Å². The summed E-state index contributed by atoms with van der Waals surface area (Å²) in [6.45, 7) is -5.68. The summed E-state index contributed by atoms with van der Waals surface area (Å²) in [5.41, 5.74) is 0. The van der Waals surface area contributed by atoms with E-state index in [0.29, 0.717) is 7.11 Å². The topological polar surface area (TPSA) is 836 Å². The van der Waals surface area contributed by atoms with Gasteiger partial charge in [-0.25, -0.2) is 81.5 Å². The van der Waals surface area contributed by atoms with Crippen LogP contribution < -0.4 is 320 Å². The molecule has 0 radical (unpaired) electrons. The number of methoxy groups -OCH3 is 1. The maximum absolute atomic E-state index is 13.1. The van der Waals surface area contributed by atoms with Gasteiger partial charge in [-0.2, -0.15) is 0 Å². The number of hydrogen-bond acceptors (Lipinski definition) is 48. The summed E-state index contributed by atoms with van der Waals surface area (Å²) in [6, 6.07) is -9.43. The minimum Gasteiger partial charge on any atom is -0.735 e. The summed E-state index contributed by atoms with van der Waals surface area (Å²) in [4.78, 5) is 26.1.